The number of halogens is 1. The predicted molar refractivity (Wildman–Crippen MR) is 73.9 cm³/mol. The highest BCUT2D eigenvalue weighted by atomic mass is 79.9. The van der Waals surface area contributed by atoms with Crippen molar-refractivity contribution < 1.29 is 0 Å². The molecule has 4 aliphatic carbocycles. The van der Waals surface area contributed by atoms with Gasteiger partial charge in [0, 0.05) is 4.47 Å². The predicted octanol–water partition coefficient (Wildman–Crippen LogP) is 4.99. The van der Waals surface area contributed by atoms with E-state index in [0.29, 0.717) is 0 Å². The van der Waals surface area contributed by atoms with Crippen molar-refractivity contribution in [1.82, 2.24) is 0 Å². The van der Waals surface area contributed by atoms with Crippen LogP contribution in [0.3, 0.4) is 0 Å². The van der Waals surface area contributed by atoms with Crippen LogP contribution in [0.5, 0.6) is 0 Å². The summed E-state index contributed by atoms with van der Waals surface area (Å²) in [6.45, 7) is 0. The lowest BCUT2D eigenvalue weighted by Gasteiger charge is -2.54. The summed E-state index contributed by atoms with van der Waals surface area (Å²) in [5.41, 5.74) is 1.61. The maximum absolute atomic E-state index is 3.55. The molecule has 0 unspecified atom stereocenters. The quantitative estimate of drug-likeness (QED) is 0.684. The van der Waals surface area contributed by atoms with Crippen LogP contribution in [0.15, 0.2) is 28.7 Å². The molecular formula is C16H19Br. The second-order valence-electron chi connectivity index (χ2n) is 6.51. The highest BCUT2D eigenvalue weighted by Crippen LogP contribution is 2.59. The Labute approximate surface area is 112 Å². The Kier molecular flexibility index (Phi) is 2.40. The third kappa shape index (κ3) is 1.69. The summed E-state index contributed by atoms with van der Waals surface area (Å²) in [7, 11) is 0. The zero-order valence-corrected chi connectivity index (χ0v) is 11.7. The third-order valence-electron chi connectivity index (χ3n) is 5.48. The smallest absolute Gasteiger partial charge is 0.0175 e. The van der Waals surface area contributed by atoms with Crippen molar-refractivity contribution in [2.45, 2.75) is 38.0 Å². The molecule has 1 aromatic rings. The Balaban J connectivity index is 1.68. The van der Waals surface area contributed by atoms with Crippen molar-refractivity contribution >= 4 is 15.9 Å². The van der Waals surface area contributed by atoms with Gasteiger partial charge < -0.3 is 0 Å². The molecule has 90 valence electrons. The molecule has 0 spiro atoms. The summed E-state index contributed by atoms with van der Waals surface area (Å²) in [5, 5.41) is 0. The zero-order valence-electron chi connectivity index (χ0n) is 10.1. The van der Waals surface area contributed by atoms with Crippen LogP contribution in [0.4, 0.5) is 0 Å². The Morgan fingerprint density at radius 2 is 1.29 bits per heavy atom. The molecule has 4 saturated carbocycles. The molecule has 0 radical (unpaired) electrons. The third-order valence-corrected chi connectivity index (χ3v) is 6.01. The van der Waals surface area contributed by atoms with Crippen LogP contribution in [0.2, 0.25) is 0 Å². The number of hydrogen-bond donors (Lipinski definition) is 0. The molecule has 0 nitrogen and oxygen atoms in total. The Morgan fingerprint density at radius 1 is 0.765 bits per heavy atom. The summed E-state index contributed by atoms with van der Waals surface area (Å²) in [4.78, 5) is 0. The lowest BCUT2D eigenvalue weighted by atomic mass is 9.51. The average molecular weight is 291 g/mol. The lowest BCUT2D eigenvalue weighted by molar-refractivity contribution is -0.00278. The van der Waals surface area contributed by atoms with E-state index in [9.17, 15) is 0 Å². The monoisotopic (exact) mass is 290 g/mol. The highest BCUT2D eigenvalue weighted by molar-refractivity contribution is 9.10. The fourth-order valence-electron chi connectivity index (χ4n) is 5.15. The number of hydrogen-bond acceptors (Lipinski definition) is 0. The second-order valence-corrected chi connectivity index (χ2v) is 7.42. The molecule has 1 aromatic carbocycles. The first-order valence-corrected chi connectivity index (χ1v) is 7.84. The van der Waals surface area contributed by atoms with Gasteiger partial charge in [-0.05, 0) is 79.4 Å². The van der Waals surface area contributed by atoms with Gasteiger partial charge >= 0.3 is 0 Å². The molecule has 0 heterocycles. The van der Waals surface area contributed by atoms with E-state index >= 15 is 0 Å². The molecule has 0 aliphatic heterocycles. The molecule has 0 atom stereocenters. The fourth-order valence-corrected chi connectivity index (χ4v) is 5.42. The van der Waals surface area contributed by atoms with E-state index in [2.05, 4.69) is 40.2 Å². The lowest BCUT2D eigenvalue weighted by Crippen LogP contribution is -2.43. The molecule has 4 fully saturated rings. The van der Waals surface area contributed by atoms with Crippen LogP contribution >= 0.6 is 15.9 Å². The Bertz CT molecular complexity index is 392. The number of rotatable bonds is 1. The first-order chi connectivity index (χ1) is 8.29. The summed E-state index contributed by atoms with van der Waals surface area (Å²) >= 11 is 3.55. The van der Waals surface area contributed by atoms with Gasteiger partial charge in [0.1, 0.15) is 0 Å². The molecule has 0 N–H and O–H groups in total. The second kappa shape index (κ2) is 3.85. The first-order valence-electron chi connectivity index (χ1n) is 7.05. The minimum Gasteiger partial charge on any atom is -0.0576 e. The van der Waals surface area contributed by atoms with E-state index in [1.165, 1.54) is 30.2 Å². The molecular weight excluding hydrogens is 272 g/mol. The van der Waals surface area contributed by atoms with Gasteiger partial charge in [0.2, 0.25) is 0 Å². The first kappa shape index (κ1) is 10.6. The average Bonchev–Trinajstić information content (AvgIpc) is 2.30. The van der Waals surface area contributed by atoms with E-state index in [0.717, 1.165) is 29.6 Å². The van der Waals surface area contributed by atoms with Gasteiger partial charge in [-0.2, -0.15) is 0 Å². The van der Waals surface area contributed by atoms with Gasteiger partial charge in [0.05, 0.1) is 0 Å². The van der Waals surface area contributed by atoms with Crippen LogP contribution in [0.1, 0.15) is 43.6 Å². The van der Waals surface area contributed by atoms with Gasteiger partial charge in [-0.15, -0.1) is 0 Å². The fraction of sp³-hybridized carbons (Fsp3) is 0.625. The van der Waals surface area contributed by atoms with Crippen LogP contribution in [-0.2, 0) is 0 Å². The molecule has 17 heavy (non-hydrogen) atoms. The summed E-state index contributed by atoms with van der Waals surface area (Å²) in [6, 6.07) is 9.16. The van der Waals surface area contributed by atoms with Crippen molar-refractivity contribution in [1.29, 1.82) is 0 Å². The van der Waals surface area contributed by atoms with Crippen molar-refractivity contribution in [2.75, 3.05) is 0 Å². The maximum Gasteiger partial charge on any atom is 0.0175 e. The minimum atomic E-state index is 0.885. The summed E-state index contributed by atoms with van der Waals surface area (Å²) in [5.74, 6) is 5.07. The zero-order chi connectivity index (χ0) is 11.4. The van der Waals surface area contributed by atoms with E-state index in [1.807, 2.05) is 0 Å². The van der Waals surface area contributed by atoms with E-state index in [1.54, 1.807) is 12.0 Å². The van der Waals surface area contributed by atoms with Crippen LogP contribution in [0.25, 0.3) is 0 Å². The number of benzene rings is 1. The van der Waals surface area contributed by atoms with Crippen LogP contribution < -0.4 is 0 Å². The van der Waals surface area contributed by atoms with Gasteiger partial charge in [-0.1, -0.05) is 28.1 Å². The van der Waals surface area contributed by atoms with E-state index in [4.69, 9.17) is 0 Å². The molecule has 0 saturated heterocycles. The largest absolute Gasteiger partial charge is 0.0576 e. The Morgan fingerprint density at radius 3 is 1.82 bits per heavy atom. The van der Waals surface area contributed by atoms with E-state index < -0.39 is 0 Å². The van der Waals surface area contributed by atoms with Crippen molar-refractivity contribution in [3.05, 3.63) is 34.3 Å². The normalized spacial score (nSPS) is 43.0. The van der Waals surface area contributed by atoms with Gasteiger partial charge in [0.25, 0.3) is 0 Å². The van der Waals surface area contributed by atoms with Crippen molar-refractivity contribution in [3.63, 3.8) is 0 Å². The van der Waals surface area contributed by atoms with Crippen molar-refractivity contribution in [3.8, 4) is 0 Å². The standard InChI is InChI=1S/C16H19Br/c17-15-3-1-12(2-4-15)16-13-6-10-5-11(8-13)9-14(16)7-10/h1-4,10-11,13-14,16H,5-9H2. The molecule has 5 rings (SSSR count). The topological polar surface area (TPSA) is 0 Å². The van der Waals surface area contributed by atoms with Gasteiger partial charge in [-0.3, -0.25) is 0 Å². The maximum atomic E-state index is 3.55. The van der Waals surface area contributed by atoms with Crippen molar-refractivity contribution in [2.24, 2.45) is 23.7 Å². The molecule has 4 bridgehead atoms. The molecule has 0 amide bonds. The summed E-state index contributed by atoms with van der Waals surface area (Å²) in [6.07, 6.45) is 7.64. The molecule has 0 aromatic heterocycles. The minimum absolute atomic E-state index is 0.885. The summed E-state index contributed by atoms with van der Waals surface area (Å²) < 4.78 is 1.21. The van der Waals surface area contributed by atoms with Crippen LogP contribution in [-0.4, -0.2) is 0 Å². The molecule has 1 heteroatoms. The van der Waals surface area contributed by atoms with Gasteiger partial charge in [-0.25, -0.2) is 0 Å². The van der Waals surface area contributed by atoms with Crippen LogP contribution in [0, 0.1) is 23.7 Å². The molecule has 4 aliphatic rings. The highest BCUT2D eigenvalue weighted by Gasteiger charge is 2.48. The SMILES string of the molecule is Brc1ccc(C2C3CC4CC(C3)CC2C4)cc1. The van der Waals surface area contributed by atoms with E-state index in [-0.39, 0.29) is 0 Å². The van der Waals surface area contributed by atoms with Gasteiger partial charge in [0.15, 0.2) is 0 Å². The Hall–Kier alpha value is -0.300.